The van der Waals surface area contributed by atoms with Gasteiger partial charge in [0.15, 0.2) is 12.1 Å². The molecule has 1 atom stereocenters. The van der Waals surface area contributed by atoms with Crippen molar-refractivity contribution in [3.8, 4) is 0 Å². The molecule has 6 heteroatoms. The minimum atomic E-state index is -0.118. The minimum Gasteiger partial charge on any atom is -0.448 e. The summed E-state index contributed by atoms with van der Waals surface area (Å²) in [5.41, 5.74) is 1.31. The molecule has 0 radical (unpaired) electrons. The van der Waals surface area contributed by atoms with Gasteiger partial charge in [-0.2, -0.15) is 0 Å². The van der Waals surface area contributed by atoms with Crippen molar-refractivity contribution in [2.75, 3.05) is 19.6 Å². The van der Waals surface area contributed by atoms with Gasteiger partial charge in [-0.25, -0.2) is 4.98 Å². The zero-order valence-corrected chi connectivity index (χ0v) is 12.4. The van der Waals surface area contributed by atoms with E-state index in [1.165, 1.54) is 6.39 Å². The molecule has 110 valence electrons. The molecule has 3 rings (SSSR count). The number of rotatable bonds is 2. The summed E-state index contributed by atoms with van der Waals surface area (Å²) >= 11 is 6.28. The average molecular weight is 306 g/mol. The van der Waals surface area contributed by atoms with Gasteiger partial charge in [-0.15, -0.1) is 0 Å². The highest BCUT2D eigenvalue weighted by atomic mass is 35.5. The molecule has 0 aliphatic carbocycles. The molecule has 1 aliphatic heterocycles. The number of nitrogens with one attached hydrogen (secondary N) is 1. The lowest BCUT2D eigenvalue weighted by atomic mass is 10.0. The topological polar surface area (TPSA) is 58.4 Å². The van der Waals surface area contributed by atoms with Crippen molar-refractivity contribution in [2.24, 2.45) is 0 Å². The number of carbonyl (C=O) groups excluding carboxylic acids is 1. The Morgan fingerprint density at radius 2 is 2.29 bits per heavy atom. The van der Waals surface area contributed by atoms with Crippen LogP contribution in [0.5, 0.6) is 0 Å². The number of aryl methyl sites for hydroxylation is 1. The average Bonchev–Trinajstić information content (AvgIpc) is 2.93. The number of carbonyl (C=O) groups is 1. The van der Waals surface area contributed by atoms with Crippen LogP contribution in [0.25, 0.3) is 0 Å². The molecule has 21 heavy (non-hydrogen) atoms. The van der Waals surface area contributed by atoms with Crippen LogP contribution in [0.1, 0.15) is 27.9 Å². The second-order valence-electron chi connectivity index (χ2n) is 5.00. The summed E-state index contributed by atoms with van der Waals surface area (Å²) in [6.45, 7) is 3.78. The SMILES string of the molecule is Cc1ocnc1C(=O)N1CCNCC1c1ccccc1Cl. The zero-order chi connectivity index (χ0) is 14.8. The smallest absolute Gasteiger partial charge is 0.276 e. The Morgan fingerprint density at radius 1 is 1.48 bits per heavy atom. The van der Waals surface area contributed by atoms with Crippen molar-refractivity contribution in [1.29, 1.82) is 0 Å². The molecular weight excluding hydrogens is 290 g/mol. The Morgan fingerprint density at radius 3 is 3.00 bits per heavy atom. The summed E-state index contributed by atoms with van der Waals surface area (Å²) in [5, 5.41) is 3.98. The predicted octanol–water partition coefficient (Wildman–Crippen LogP) is 2.42. The molecule has 0 spiro atoms. The quantitative estimate of drug-likeness (QED) is 0.926. The molecule has 2 aromatic rings. The lowest BCUT2D eigenvalue weighted by Crippen LogP contribution is -2.49. The van der Waals surface area contributed by atoms with Crippen LogP contribution in [0.2, 0.25) is 5.02 Å². The molecule has 1 amide bonds. The third-order valence-corrected chi connectivity index (χ3v) is 4.06. The summed E-state index contributed by atoms with van der Waals surface area (Å²) in [6.07, 6.45) is 1.30. The Kier molecular flexibility index (Phi) is 3.94. The lowest BCUT2D eigenvalue weighted by Gasteiger charge is -2.36. The van der Waals surface area contributed by atoms with Gasteiger partial charge in [0, 0.05) is 24.7 Å². The number of oxazole rings is 1. The summed E-state index contributed by atoms with van der Waals surface area (Å²) in [4.78, 5) is 18.5. The first-order valence-corrected chi connectivity index (χ1v) is 7.22. The maximum absolute atomic E-state index is 12.7. The van der Waals surface area contributed by atoms with Gasteiger partial charge in [-0.05, 0) is 18.6 Å². The highest BCUT2D eigenvalue weighted by molar-refractivity contribution is 6.31. The Hall–Kier alpha value is -1.85. The first-order chi connectivity index (χ1) is 10.2. The Bertz CT molecular complexity index is 656. The van der Waals surface area contributed by atoms with E-state index >= 15 is 0 Å². The van der Waals surface area contributed by atoms with Crippen LogP contribution in [0, 0.1) is 6.92 Å². The number of amides is 1. The van der Waals surface area contributed by atoms with Crippen molar-refractivity contribution in [2.45, 2.75) is 13.0 Å². The van der Waals surface area contributed by atoms with E-state index in [1.54, 1.807) is 6.92 Å². The molecule has 1 fully saturated rings. The number of aromatic nitrogens is 1. The van der Waals surface area contributed by atoms with Gasteiger partial charge in [0.05, 0.1) is 6.04 Å². The number of halogens is 1. The highest BCUT2D eigenvalue weighted by Crippen LogP contribution is 2.29. The number of benzene rings is 1. The molecular formula is C15H16ClN3O2. The lowest BCUT2D eigenvalue weighted by molar-refractivity contribution is 0.0627. The second-order valence-corrected chi connectivity index (χ2v) is 5.40. The number of hydrogen-bond acceptors (Lipinski definition) is 4. The maximum Gasteiger partial charge on any atom is 0.276 e. The molecule has 1 unspecified atom stereocenters. The van der Waals surface area contributed by atoms with Crippen molar-refractivity contribution in [1.82, 2.24) is 15.2 Å². The van der Waals surface area contributed by atoms with E-state index in [0.29, 0.717) is 29.6 Å². The molecule has 1 N–H and O–H groups in total. The van der Waals surface area contributed by atoms with Crippen molar-refractivity contribution in [3.63, 3.8) is 0 Å². The van der Waals surface area contributed by atoms with E-state index < -0.39 is 0 Å². The van der Waals surface area contributed by atoms with Crippen LogP contribution >= 0.6 is 11.6 Å². The van der Waals surface area contributed by atoms with Crippen LogP contribution in [-0.4, -0.2) is 35.4 Å². The molecule has 1 aliphatic rings. The van der Waals surface area contributed by atoms with Crippen LogP contribution in [0.4, 0.5) is 0 Å². The van der Waals surface area contributed by atoms with Crippen LogP contribution in [0.3, 0.4) is 0 Å². The Balaban J connectivity index is 1.94. The van der Waals surface area contributed by atoms with Crippen molar-refractivity contribution < 1.29 is 9.21 Å². The molecule has 0 saturated carbocycles. The molecule has 1 aromatic heterocycles. The third-order valence-electron chi connectivity index (χ3n) is 3.72. The van der Waals surface area contributed by atoms with Gasteiger partial charge < -0.3 is 14.6 Å². The largest absolute Gasteiger partial charge is 0.448 e. The van der Waals surface area contributed by atoms with Gasteiger partial charge >= 0.3 is 0 Å². The third kappa shape index (κ3) is 2.66. The van der Waals surface area contributed by atoms with E-state index in [4.69, 9.17) is 16.0 Å². The fourth-order valence-corrected chi connectivity index (χ4v) is 2.88. The molecule has 1 saturated heterocycles. The number of hydrogen-bond donors (Lipinski definition) is 1. The summed E-state index contributed by atoms with van der Waals surface area (Å²) < 4.78 is 5.14. The monoisotopic (exact) mass is 305 g/mol. The van der Waals surface area contributed by atoms with Crippen LogP contribution < -0.4 is 5.32 Å². The highest BCUT2D eigenvalue weighted by Gasteiger charge is 2.31. The van der Waals surface area contributed by atoms with Gasteiger partial charge in [-0.3, -0.25) is 4.79 Å². The zero-order valence-electron chi connectivity index (χ0n) is 11.7. The number of nitrogens with zero attached hydrogens (tertiary/aromatic N) is 2. The van der Waals surface area contributed by atoms with E-state index in [1.807, 2.05) is 29.2 Å². The van der Waals surface area contributed by atoms with Crippen molar-refractivity contribution in [3.05, 3.63) is 52.7 Å². The van der Waals surface area contributed by atoms with Crippen LogP contribution in [0.15, 0.2) is 35.1 Å². The fraction of sp³-hybridized carbons (Fsp3) is 0.333. The summed E-state index contributed by atoms with van der Waals surface area (Å²) in [5.74, 6) is 0.420. The van der Waals surface area contributed by atoms with Gasteiger partial charge in [0.25, 0.3) is 5.91 Å². The maximum atomic E-state index is 12.7. The normalized spacial score (nSPS) is 18.8. The van der Waals surface area contributed by atoms with Gasteiger partial charge in [0.1, 0.15) is 5.76 Å². The standard InChI is InChI=1S/C15H16ClN3O2/c1-10-14(18-9-21-10)15(20)19-7-6-17-8-13(19)11-4-2-3-5-12(11)16/h2-5,9,13,17H,6-8H2,1H3. The molecule has 1 aromatic carbocycles. The number of piperazine rings is 1. The molecule has 2 heterocycles. The second kappa shape index (κ2) is 5.87. The first-order valence-electron chi connectivity index (χ1n) is 6.84. The summed E-state index contributed by atoms with van der Waals surface area (Å²) in [6, 6.07) is 7.51. The van der Waals surface area contributed by atoms with E-state index in [0.717, 1.165) is 12.1 Å². The molecule has 0 bridgehead atoms. The van der Waals surface area contributed by atoms with Crippen molar-refractivity contribution >= 4 is 17.5 Å². The minimum absolute atomic E-state index is 0.101. The van der Waals surface area contributed by atoms with E-state index in [-0.39, 0.29) is 11.9 Å². The van der Waals surface area contributed by atoms with Gasteiger partial charge in [-0.1, -0.05) is 29.8 Å². The Labute approximate surface area is 127 Å². The first kappa shape index (κ1) is 14.1. The van der Waals surface area contributed by atoms with E-state index in [2.05, 4.69) is 10.3 Å². The molecule has 5 nitrogen and oxygen atoms in total. The summed E-state index contributed by atoms with van der Waals surface area (Å²) in [7, 11) is 0. The van der Waals surface area contributed by atoms with E-state index in [9.17, 15) is 4.79 Å². The predicted molar refractivity (Wildman–Crippen MR) is 79.3 cm³/mol. The van der Waals surface area contributed by atoms with Crippen LogP contribution in [-0.2, 0) is 0 Å². The van der Waals surface area contributed by atoms with Gasteiger partial charge in [0.2, 0.25) is 0 Å². The fourth-order valence-electron chi connectivity index (χ4n) is 2.62.